The summed E-state index contributed by atoms with van der Waals surface area (Å²) in [5.74, 6) is 0. The molecule has 0 saturated heterocycles. The van der Waals surface area contributed by atoms with E-state index < -0.39 is 15.6 Å². The Morgan fingerprint density at radius 2 is 1.95 bits per heavy atom. The Morgan fingerprint density at radius 1 is 1.32 bits per heavy atom. The Balaban J connectivity index is 2.16. The summed E-state index contributed by atoms with van der Waals surface area (Å²) in [5.41, 5.74) is 0.405. The van der Waals surface area contributed by atoms with Crippen LogP contribution in [0.25, 0.3) is 0 Å². The fourth-order valence-corrected chi connectivity index (χ4v) is 3.65. The third kappa shape index (κ3) is 3.16. The highest BCUT2D eigenvalue weighted by Gasteiger charge is 2.38. The Hall–Kier alpha value is -0.910. The minimum atomic E-state index is -3.18. The summed E-state index contributed by atoms with van der Waals surface area (Å²) < 4.78 is 32.2. The zero-order chi connectivity index (χ0) is 13.9. The molecule has 1 saturated carbocycles. The molecule has 0 spiro atoms. The molecule has 5 heteroatoms. The van der Waals surface area contributed by atoms with Crippen molar-refractivity contribution in [3.8, 4) is 0 Å². The van der Waals surface area contributed by atoms with Crippen molar-refractivity contribution in [2.24, 2.45) is 0 Å². The van der Waals surface area contributed by atoms with Crippen LogP contribution in [0.2, 0.25) is 0 Å². The lowest BCUT2D eigenvalue weighted by Crippen LogP contribution is -2.42. The van der Waals surface area contributed by atoms with E-state index in [2.05, 4.69) is 4.72 Å². The lowest BCUT2D eigenvalue weighted by Gasteiger charge is -2.32. The second kappa shape index (κ2) is 5.61. The predicted octanol–water partition coefficient (Wildman–Crippen LogP) is 2.02. The Morgan fingerprint density at radius 3 is 2.42 bits per heavy atom. The maximum absolute atomic E-state index is 11.9. The van der Waals surface area contributed by atoms with Gasteiger partial charge >= 0.3 is 0 Å². The van der Waals surface area contributed by atoms with Gasteiger partial charge in [-0.1, -0.05) is 37.3 Å². The van der Waals surface area contributed by atoms with Crippen LogP contribution >= 0.6 is 0 Å². The third-order valence-electron chi connectivity index (χ3n) is 3.78. The first kappa shape index (κ1) is 14.5. The number of methoxy groups -OCH3 is 1. The maximum atomic E-state index is 11.9. The van der Waals surface area contributed by atoms with E-state index in [1.807, 2.05) is 37.3 Å². The second-order valence-electron chi connectivity index (χ2n) is 4.98. The molecular weight excluding hydrogens is 262 g/mol. The maximum Gasteiger partial charge on any atom is 0.214 e. The molecule has 1 N–H and O–H groups in total. The van der Waals surface area contributed by atoms with Gasteiger partial charge in [0.05, 0.1) is 5.25 Å². The van der Waals surface area contributed by atoms with Crippen molar-refractivity contribution in [3.63, 3.8) is 0 Å². The van der Waals surface area contributed by atoms with Crippen molar-refractivity contribution in [1.29, 1.82) is 0 Å². The molecule has 0 amide bonds. The summed E-state index contributed by atoms with van der Waals surface area (Å²) in [6, 6.07) is 9.76. The minimum Gasteiger partial charge on any atom is -0.372 e. The first-order chi connectivity index (χ1) is 9.04. The number of sulfonamides is 1. The summed E-state index contributed by atoms with van der Waals surface area (Å²) >= 11 is 0. The molecule has 4 nitrogen and oxygen atoms in total. The number of ether oxygens (including phenoxy) is 1. The van der Waals surface area contributed by atoms with Gasteiger partial charge in [0.2, 0.25) is 10.0 Å². The van der Waals surface area contributed by atoms with E-state index in [1.54, 1.807) is 7.11 Å². The zero-order valence-electron chi connectivity index (χ0n) is 11.4. The average molecular weight is 283 g/mol. The average Bonchev–Trinajstić information content (AvgIpc) is 3.26. The van der Waals surface area contributed by atoms with E-state index in [0.717, 1.165) is 18.4 Å². The predicted molar refractivity (Wildman–Crippen MR) is 75.4 cm³/mol. The van der Waals surface area contributed by atoms with Crippen LogP contribution in [0.1, 0.15) is 31.7 Å². The van der Waals surface area contributed by atoms with Gasteiger partial charge < -0.3 is 4.74 Å². The largest absolute Gasteiger partial charge is 0.372 e. The molecule has 19 heavy (non-hydrogen) atoms. The lowest BCUT2D eigenvalue weighted by molar-refractivity contribution is -0.0133. The van der Waals surface area contributed by atoms with Crippen molar-refractivity contribution >= 4 is 10.0 Å². The lowest BCUT2D eigenvalue weighted by atomic mass is 9.91. The minimum absolute atomic E-state index is 0.199. The van der Waals surface area contributed by atoms with E-state index in [9.17, 15) is 8.42 Å². The normalized spacial score (nSPS) is 19.1. The smallest absolute Gasteiger partial charge is 0.214 e. The summed E-state index contributed by atoms with van der Waals surface area (Å²) in [6.07, 6.45) is 2.25. The van der Waals surface area contributed by atoms with Crippen LogP contribution in [0.3, 0.4) is 0 Å². The molecule has 0 bridgehead atoms. The number of benzene rings is 1. The molecular formula is C14H21NO3S. The van der Waals surface area contributed by atoms with Gasteiger partial charge in [-0.2, -0.15) is 0 Å². The highest BCUT2D eigenvalue weighted by Crippen LogP contribution is 2.31. The number of nitrogens with one attached hydrogen (secondary N) is 1. The molecule has 1 aromatic carbocycles. The van der Waals surface area contributed by atoms with E-state index in [0.29, 0.717) is 6.42 Å². The topological polar surface area (TPSA) is 55.4 Å². The Bertz CT molecular complexity index is 505. The van der Waals surface area contributed by atoms with Crippen LogP contribution in [-0.2, 0) is 20.4 Å². The molecule has 1 aromatic rings. The van der Waals surface area contributed by atoms with E-state index in [1.165, 1.54) is 0 Å². The van der Waals surface area contributed by atoms with Crippen LogP contribution in [0.5, 0.6) is 0 Å². The van der Waals surface area contributed by atoms with Crippen LogP contribution in [-0.4, -0.2) is 27.3 Å². The molecule has 1 atom stereocenters. The fourth-order valence-electron chi connectivity index (χ4n) is 2.22. The quantitative estimate of drug-likeness (QED) is 0.833. The highest BCUT2D eigenvalue weighted by molar-refractivity contribution is 7.90. The van der Waals surface area contributed by atoms with Crippen LogP contribution in [0.4, 0.5) is 0 Å². The first-order valence-electron chi connectivity index (χ1n) is 6.63. The van der Waals surface area contributed by atoms with E-state index in [4.69, 9.17) is 4.74 Å². The molecule has 0 heterocycles. The monoisotopic (exact) mass is 283 g/mol. The number of hydrogen-bond acceptors (Lipinski definition) is 3. The number of rotatable bonds is 7. The highest BCUT2D eigenvalue weighted by atomic mass is 32.2. The van der Waals surface area contributed by atoms with Crippen LogP contribution in [0, 0.1) is 0 Å². The molecule has 0 unspecified atom stereocenters. The molecule has 1 aliphatic carbocycles. The molecule has 1 fully saturated rings. The van der Waals surface area contributed by atoms with Gasteiger partial charge in [0.15, 0.2) is 0 Å². The van der Waals surface area contributed by atoms with Crippen molar-refractivity contribution in [2.75, 3.05) is 13.7 Å². The van der Waals surface area contributed by atoms with Crippen molar-refractivity contribution in [2.45, 2.75) is 37.0 Å². The SMILES string of the molecule is CC[C@@](CNS(=O)(=O)C1CC1)(OC)c1ccccc1. The summed E-state index contributed by atoms with van der Waals surface area (Å²) in [4.78, 5) is 0. The molecule has 2 rings (SSSR count). The Labute approximate surface area is 115 Å². The van der Waals surface area contributed by atoms with Gasteiger partial charge in [-0.25, -0.2) is 13.1 Å². The zero-order valence-corrected chi connectivity index (χ0v) is 12.2. The van der Waals surface area contributed by atoms with Crippen molar-refractivity contribution in [1.82, 2.24) is 4.72 Å². The van der Waals surface area contributed by atoms with Gasteiger partial charge in [-0.05, 0) is 24.8 Å². The van der Waals surface area contributed by atoms with Gasteiger partial charge in [-0.15, -0.1) is 0 Å². The van der Waals surface area contributed by atoms with Crippen molar-refractivity contribution in [3.05, 3.63) is 35.9 Å². The van der Waals surface area contributed by atoms with Gasteiger partial charge in [-0.3, -0.25) is 0 Å². The van der Waals surface area contributed by atoms with Crippen molar-refractivity contribution < 1.29 is 13.2 Å². The summed E-state index contributed by atoms with van der Waals surface area (Å²) in [6.45, 7) is 2.28. The van der Waals surface area contributed by atoms with Crippen LogP contribution < -0.4 is 4.72 Å². The second-order valence-corrected chi connectivity index (χ2v) is 7.03. The number of hydrogen-bond donors (Lipinski definition) is 1. The van der Waals surface area contributed by atoms with Crippen LogP contribution in [0.15, 0.2) is 30.3 Å². The van der Waals surface area contributed by atoms with E-state index in [-0.39, 0.29) is 11.8 Å². The third-order valence-corrected chi connectivity index (χ3v) is 5.68. The first-order valence-corrected chi connectivity index (χ1v) is 8.18. The molecule has 0 aliphatic heterocycles. The molecule has 106 valence electrons. The molecule has 0 aromatic heterocycles. The van der Waals surface area contributed by atoms with Gasteiger partial charge in [0, 0.05) is 13.7 Å². The summed E-state index contributed by atoms with van der Waals surface area (Å²) in [5, 5.41) is -0.199. The standard InChI is InChI=1S/C14H21NO3S/c1-3-14(18-2,12-7-5-4-6-8-12)11-15-19(16,17)13-9-10-13/h4-8,13,15H,3,9-11H2,1-2H3/t14-/m0/s1. The summed E-state index contributed by atoms with van der Waals surface area (Å²) in [7, 11) is -1.55. The molecule has 1 aliphatic rings. The van der Waals surface area contributed by atoms with E-state index >= 15 is 0 Å². The van der Waals surface area contributed by atoms with Gasteiger partial charge in [0.1, 0.15) is 5.60 Å². The Kier molecular flexibility index (Phi) is 4.28. The molecule has 0 radical (unpaired) electrons. The van der Waals surface area contributed by atoms with Gasteiger partial charge in [0.25, 0.3) is 0 Å². The fraction of sp³-hybridized carbons (Fsp3) is 0.571.